The van der Waals surface area contributed by atoms with Crippen molar-refractivity contribution >= 4 is 34.1 Å². The molecule has 0 saturated carbocycles. The minimum atomic E-state index is 0.600. The van der Waals surface area contributed by atoms with Gasteiger partial charge in [-0.25, -0.2) is 14.6 Å². The quantitative estimate of drug-likeness (QED) is 0.633. The number of hydrogen-bond donors (Lipinski definition) is 1. The van der Waals surface area contributed by atoms with Crippen LogP contribution in [0.1, 0.15) is 13.8 Å². The van der Waals surface area contributed by atoms with E-state index in [0.717, 1.165) is 28.1 Å². The second kappa shape index (κ2) is 7.97. The lowest BCUT2D eigenvalue weighted by Crippen LogP contribution is -2.02. The molecule has 26 heavy (non-hydrogen) atoms. The molecule has 0 bridgehead atoms. The van der Waals surface area contributed by atoms with E-state index in [1.54, 1.807) is 6.20 Å². The molecular weight excluding hydrogens is 346 g/mol. The van der Waals surface area contributed by atoms with Crippen LogP contribution >= 0.6 is 11.6 Å². The van der Waals surface area contributed by atoms with Gasteiger partial charge in [-0.15, -0.1) is 0 Å². The van der Waals surface area contributed by atoms with Crippen LogP contribution in [0.25, 0.3) is 28.1 Å². The van der Waals surface area contributed by atoms with Crippen molar-refractivity contribution in [2.24, 2.45) is 0 Å². The van der Waals surface area contributed by atoms with Gasteiger partial charge in [0.05, 0.1) is 11.6 Å². The second-order valence-corrected chi connectivity index (χ2v) is 6.10. The molecule has 0 atom stereocenters. The highest BCUT2D eigenvalue weighted by Gasteiger charge is 2.14. The zero-order valence-corrected chi connectivity index (χ0v) is 15.7. The first kappa shape index (κ1) is 17.9. The van der Waals surface area contributed by atoms with Crippen LogP contribution in [-0.2, 0) is 0 Å². The Balaban J connectivity index is 2.14. The first-order chi connectivity index (χ1) is 12.6. The molecule has 0 radical (unpaired) electrons. The summed E-state index contributed by atoms with van der Waals surface area (Å²) in [4.78, 5) is 9.35. The SMILES string of the molecule is C\C=C/C=C\C=C(/C)n1ncc2c(NC)nc(-c3cccc(Cl)c3)nc21. The molecule has 0 saturated heterocycles. The Morgan fingerprint density at radius 2 is 2.04 bits per heavy atom. The molecule has 3 aromatic rings. The monoisotopic (exact) mass is 365 g/mol. The van der Waals surface area contributed by atoms with Crippen molar-refractivity contribution < 1.29 is 0 Å². The van der Waals surface area contributed by atoms with Crippen LogP contribution in [0.5, 0.6) is 0 Å². The van der Waals surface area contributed by atoms with Gasteiger partial charge in [-0.1, -0.05) is 48.0 Å². The molecule has 2 aromatic heterocycles. The van der Waals surface area contributed by atoms with E-state index in [4.69, 9.17) is 16.6 Å². The van der Waals surface area contributed by atoms with Crippen molar-refractivity contribution in [2.75, 3.05) is 12.4 Å². The Bertz CT molecular complexity index is 1010. The van der Waals surface area contributed by atoms with E-state index in [2.05, 4.69) is 15.4 Å². The predicted octanol–water partition coefficient (Wildman–Crippen LogP) is 5.18. The highest BCUT2D eigenvalue weighted by molar-refractivity contribution is 6.30. The summed E-state index contributed by atoms with van der Waals surface area (Å²) in [5.74, 6) is 1.33. The Kier molecular flexibility index (Phi) is 5.49. The minimum Gasteiger partial charge on any atom is -0.372 e. The van der Waals surface area contributed by atoms with Gasteiger partial charge < -0.3 is 5.32 Å². The van der Waals surface area contributed by atoms with E-state index in [1.165, 1.54) is 0 Å². The van der Waals surface area contributed by atoms with Gasteiger partial charge in [0.2, 0.25) is 0 Å². The number of fused-ring (bicyclic) bond motifs is 1. The van der Waals surface area contributed by atoms with Crippen LogP contribution in [0.15, 0.2) is 60.8 Å². The van der Waals surface area contributed by atoms with Crippen molar-refractivity contribution in [3.63, 3.8) is 0 Å². The molecule has 0 aliphatic rings. The predicted molar refractivity (Wildman–Crippen MR) is 109 cm³/mol. The number of rotatable bonds is 5. The van der Waals surface area contributed by atoms with Crippen molar-refractivity contribution in [1.82, 2.24) is 19.7 Å². The van der Waals surface area contributed by atoms with E-state index < -0.39 is 0 Å². The number of nitrogens with one attached hydrogen (secondary N) is 1. The lowest BCUT2D eigenvalue weighted by atomic mass is 10.2. The zero-order valence-electron chi connectivity index (χ0n) is 14.9. The molecule has 0 spiro atoms. The zero-order chi connectivity index (χ0) is 18.5. The highest BCUT2D eigenvalue weighted by Crippen LogP contribution is 2.27. The first-order valence-electron chi connectivity index (χ1n) is 8.30. The average molecular weight is 366 g/mol. The van der Waals surface area contributed by atoms with Crippen LogP contribution in [0.4, 0.5) is 5.82 Å². The van der Waals surface area contributed by atoms with Gasteiger partial charge in [0.1, 0.15) is 5.82 Å². The number of hydrogen-bond acceptors (Lipinski definition) is 4. The fourth-order valence-electron chi connectivity index (χ4n) is 2.55. The molecule has 3 rings (SSSR count). The van der Waals surface area contributed by atoms with Crippen LogP contribution < -0.4 is 5.32 Å². The highest BCUT2D eigenvalue weighted by atomic mass is 35.5. The van der Waals surface area contributed by atoms with Crippen molar-refractivity contribution in [3.05, 3.63) is 65.9 Å². The number of halogens is 1. The molecule has 6 heteroatoms. The van der Waals surface area contributed by atoms with Gasteiger partial charge in [-0.3, -0.25) is 0 Å². The Morgan fingerprint density at radius 1 is 1.19 bits per heavy atom. The molecular formula is C20H20ClN5. The summed E-state index contributed by atoms with van der Waals surface area (Å²) in [5, 5.41) is 9.12. The molecule has 2 heterocycles. The molecule has 0 aliphatic heterocycles. The van der Waals surface area contributed by atoms with Crippen LogP contribution in [-0.4, -0.2) is 26.8 Å². The summed E-state index contributed by atoms with van der Waals surface area (Å²) in [6.07, 6.45) is 11.7. The second-order valence-electron chi connectivity index (χ2n) is 5.67. The summed E-state index contributed by atoms with van der Waals surface area (Å²) in [5.41, 5.74) is 2.56. The Morgan fingerprint density at radius 3 is 2.77 bits per heavy atom. The minimum absolute atomic E-state index is 0.600. The molecule has 1 aromatic carbocycles. The third kappa shape index (κ3) is 3.68. The van der Waals surface area contributed by atoms with E-state index in [0.29, 0.717) is 10.8 Å². The van der Waals surface area contributed by atoms with Gasteiger partial charge in [0.25, 0.3) is 0 Å². The third-order valence-electron chi connectivity index (χ3n) is 3.83. The maximum atomic E-state index is 6.12. The fourth-order valence-corrected chi connectivity index (χ4v) is 2.74. The molecule has 132 valence electrons. The van der Waals surface area contributed by atoms with E-state index >= 15 is 0 Å². The molecule has 1 N–H and O–H groups in total. The molecule has 5 nitrogen and oxygen atoms in total. The van der Waals surface area contributed by atoms with Crippen LogP contribution in [0, 0.1) is 0 Å². The van der Waals surface area contributed by atoms with Crippen molar-refractivity contribution in [3.8, 4) is 11.4 Å². The van der Waals surface area contributed by atoms with E-state index in [-0.39, 0.29) is 0 Å². The molecule has 0 amide bonds. The molecule has 0 unspecified atom stereocenters. The normalized spacial score (nSPS) is 12.5. The number of benzene rings is 1. The lowest BCUT2D eigenvalue weighted by molar-refractivity contribution is 0.910. The summed E-state index contributed by atoms with van der Waals surface area (Å²) in [6.45, 7) is 3.97. The molecule has 0 fully saturated rings. The van der Waals surface area contributed by atoms with Crippen molar-refractivity contribution in [2.45, 2.75) is 13.8 Å². The smallest absolute Gasteiger partial charge is 0.168 e. The van der Waals surface area contributed by atoms with Gasteiger partial charge in [-0.05, 0) is 32.1 Å². The standard InChI is InChI=1S/C20H20ClN5/c1-4-5-6-7-9-14(2)26-20-17(13-23-26)19(22-3)24-18(25-20)15-10-8-11-16(21)12-15/h4-13H,1-3H3,(H,22,24,25)/b5-4-,7-6-,14-9+. The maximum Gasteiger partial charge on any atom is 0.168 e. The molecule has 0 aliphatic carbocycles. The fraction of sp³-hybridized carbons (Fsp3) is 0.150. The first-order valence-corrected chi connectivity index (χ1v) is 8.68. The van der Waals surface area contributed by atoms with E-state index in [1.807, 2.05) is 80.2 Å². The summed E-state index contributed by atoms with van der Waals surface area (Å²) in [6, 6.07) is 7.51. The number of allylic oxidation sites excluding steroid dienone is 6. The average Bonchev–Trinajstić information content (AvgIpc) is 3.08. The number of anilines is 1. The maximum absolute atomic E-state index is 6.12. The van der Waals surface area contributed by atoms with Gasteiger partial charge in [0, 0.05) is 23.3 Å². The third-order valence-corrected chi connectivity index (χ3v) is 4.07. The van der Waals surface area contributed by atoms with Gasteiger partial charge in [0.15, 0.2) is 11.5 Å². The summed E-state index contributed by atoms with van der Waals surface area (Å²) >= 11 is 6.12. The Labute approximate surface area is 157 Å². The Hall–Kier alpha value is -2.92. The van der Waals surface area contributed by atoms with E-state index in [9.17, 15) is 0 Å². The van der Waals surface area contributed by atoms with Gasteiger partial charge >= 0.3 is 0 Å². The topological polar surface area (TPSA) is 55.6 Å². The van der Waals surface area contributed by atoms with Gasteiger partial charge in [-0.2, -0.15) is 5.10 Å². The largest absolute Gasteiger partial charge is 0.372 e. The summed E-state index contributed by atoms with van der Waals surface area (Å²) in [7, 11) is 1.84. The number of nitrogens with zero attached hydrogens (tertiary/aromatic N) is 4. The lowest BCUT2D eigenvalue weighted by Gasteiger charge is -2.08. The summed E-state index contributed by atoms with van der Waals surface area (Å²) < 4.78 is 1.81. The van der Waals surface area contributed by atoms with Crippen LogP contribution in [0.2, 0.25) is 5.02 Å². The van der Waals surface area contributed by atoms with Crippen molar-refractivity contribution in [1.29, 1.82) is 0 Å². The van der Waals surface area contributed by atoms with Crippen LogP contribution in [0.3, 0.4) is 0 Å². The number of aromatic nitrogens is 4.